The van der Waals surface area contributed by atoms with Crippen molar-refractivity contribution in [3.63, 3.8) is 0 Å². The van der Waals surface area contributed by atoms with Gasteiger partial charge in [0.05, 0.1) is 19.2 Å². The van der Waals surface area contributed by atoms with Crippen molar-refractivity contribution in [3.05, 3.63) is 0 Å². The van der Waals surface area contributed by atoms with Gasteiger partial charge in [-0.05, 0) is 0 Å². The number of ether oxygens (including phenoxy) is 2. The Kier molecular flexibility index (Phi) is 7.88. The highest BCUT2D eigenvalue weighted by atomic mass is 16.7. The molecule has 0 saturated carbocycles. The summed E-state index contributed by atoms with van der Waals surface area (Å²) < 4.78 is 9.94. The van der Waals surface area contributed by atoms with Crippen molar-refractivity contribution in [2.45, 2.75) is 55.1 Å². The van der Waals surface area contributed by atoms with E-state index in [1.165, 1.54) is 0 Å². The molecule has 0 bridgehead atoms. The third-order valence-corrected chi connectivity index (χ3v) is 3.61. The third-order valence-electron chi connectivity index (χ3n) is 3.61. The van der Waals surface area contributed by atoms with Crippen molar-refractivity contribution < 1.29 is 60.2 Å². The molecule has 1 fully saturated rings. The van der Waals surface area contributed by atoms with Crippen LogP contribution in [0.1, 0.15) is 0 Å². The summed E-state index contributed by atoms with van der Waals surface area (Å²) in [6, 6.07) is 0. The van der Waals surface area contributed by atoms with Crippen LogP contribution in [0.4, 0.5) is 0 Å². The van der Waals surface area contributed by atoms with Gasteiger partial charge in [-0.2, -0.15) is 0 Å². The van der Waals surface area contributed by atoms with E-state index >= 15 is 0 Å². The van der Waals surface area contributed by atoms with Gasteiger partial charge in [0.25, 0.3) is 0 Å². The van der Waals surface area contributed by atoms with E-state index < -0.39 is 74.3 Å². The van der Waals surface area contributed by atoms with E-state index in [1.54, 1.807) is 0 Å². The number of carboxylic acids is 1. The van der Waals surface area contributed by atoms with Crippen LogP contribution in [-0.4, -0.2) is 115 Å². The number of hydrogen-bond donors (Lipinski definition) is 8. The largest absolute Gasteiger partial charge is 0.547 e. The van der Waals surface area contributed by atoms with E-state index in [0.717, 1.165) is 0 Å². The number of hydrogen-bond acceptors (Lipinski definition) is 12. The van der Waals surface area contributed by atoms with Gasteiger partial charge in [-0.1, -0.05) is 0 Å². The second-order valence-electron chi connectivity index (χ2n) is 5.30. The molecular weight excluding hydrogens is 336 g/mol. The number of carbonyl (C=O) groups is 1. The smallest absolute Gasteiger partial charge is 0.187 e. The Morgan fingerprint density at radius 2 is 1.67 bits per heavy atom. The Labute approximate surface area is 135 Å². The summed E-state index contributed by atoms with van der Waals surface area (Å²) in [6.07, 6.45) is -17.3. The SMILES string of the molecule is O=C([O-])[C@H](O)[C@@H](O)[C@H](O[C@H]1O[C@H](CO)[C@@H](O)[C@H](O)[C@H]1O)[C@H](O)CO. The van der Waals surface area contributed by atoms with Gasteiger partial charge >= 0.3 is 0 Å². The van der Waals surface area contributed by atoms with Crippen LogP contribution in [0.2, 0.25) is 0 Å². The van der Waals surface area contributed by atoms with E-state index in [0.29, 0.717) is 0 Å². The normalized spacial score (nSPS) is 35.9. The highest BCUT2D eigenvalue weighted by Gasteiger charge is 2.46. The van der Waals surface area contributed by atoms with Gasteiger partial charge in [-0.15, -0.1) is 0 Å². The lowest BCUT2D eigenvalue weighted by Crippen LogP contribution is -2.62. The molecule has 1 saturated heterocycles. The van der Waals surface area contributed by atoms with Gasteiger partial charge in [0.1, 0.15) is 48.8 Å². The molecule has 0 spiro atoms. The van der Waals surface area contributed by atoms with E-state index in [9.17, 15) is 40.5 Å². The second-order valence-corrected chi connectivity index (χ2v) is 5.30. The predicted molar refractivity (Wildman–Crippen MR) is 68.8 cm³/mol. The van der Waals surface area contributed by atoms with Gasteiger partial charge < -0.3 is 60.2 Å². The summed E-state index contributed by atoms with van der Waals surface area (Å²) in [5, 5.41) is 86.3. The van der Waals surface area contributed by atoms with E-state index in [4.69, 9.17) is 19.7 Å². The number of carboxylic acid groups (broad SMARTS) is 1. The average Bonchev–Trinajstić information content (AvgIpc) is 2.57. The maximum absolute atomic E-state index is 10.6. The van der Waals surface area contributed by atoms with E-state index in [2.05, 4.69) is 0 Å². The van der Waals surface area contributed by atoms with Crippen LogP contribution in [0.25, 0.3) is 0 Å². The van der Waals surface area contributed by atoms with Crippen LogP contribution in [0.3, 0.4) is 0 Å². The zero-order chi connectivity index (χ0) is 18.6. The minimum atomic E-state index is -2.50. The first kappa shape index (κ1) is 21.1. The zero-order valence-corrected chi connectivity index (χ0v) is 12.3. The lowest BCUT2D eigenvalue weighted by Gasteiger charge is -2.42. The van der Waals surface area contributed by atoms with Gasteiger partial charge in [-0.3, -0.25) is 0 Å². The molecule has 0 aromatic heterocycles. The van der Waals surface area contributed by atoms with Crippen LogP contribution in [0, 0.1) is 0 Å². The molecule has 0 aliphatic carbocycles. The molecule has 142 valence electrons. The molecule has 12 nitrogen and oxygen atoms in total. The quantitative estimate of drug-likeness (QED) is 0.203. The highest BCUT2D eigenvalue weighted by Crippen LogP contribution is 2.24. The molecule has 0 amide bonds. The number of aliphatic hydroxyl groups excluding tert-OH is 8. The molecule has 24 heavy (non-hydrogen) atoms. The first-order valence-electron chi connectivity index (χ1n) is 6.97. The van der Waals surface area contributed by atoms with Gasteiger partial charge in [0.15, 0.2) is 6.29 Å². The van der Waals surface area contributed by atoms with Crippen molar-refractivity contribution in [1.82, 2.24) is 0 Å². The number of rotatable bonds is 8. The minimum Gasteiger partial charge on any atom is -0.547 e. The molecule has 1 aliphatic rings. The van der Waals surface area contributed by atoms with Crippen LogP contribution in [-0.2, 0) is 14.3 Å². The summed E-state index contributed by atoms with van der Waals surface area (Å²) in [4.78, 5) is 10.6. The Bertz CT molecular complexity index is 403. The predicted octanol–water partition coefficient (Wildman–Crippen LogP) is -7.00. The highest BCUT2D eigenvalue weighted by molar-refractivity contribution is 5.70. The average molecular weight is 357 g/mol. The fourth-order valence-corrected chi connectivity index (χ4v) is 2.16. The zero-order valence-electron chi connectivity index (χ0n) is 12.3. The monoisotopic (exact) mass is 357 g/mol. The Morgan fingerprint density at radius 1 is 1.08 bits per heavy atom. The molecule has 0 aromatic rings. The van der Waals surface area contributed by atoms with Crippen molar-refractivity contribution in [1.29, 1.82) is 0 Å². The molecule has 0 radical (unpaired) electrons. The molecule has 1 aliphatic heterocycles. The summed E-state index contributed by atoms with van der Waals surface area (Å²) in [6.45, 7) is -1.79. The molecule has 1 rings (SSSR count). The molecule has 8 N–H and O–H groups in total. The lowest BCUT2D eigenvalue weighted by atomic mass is 9.98. The van der Waals surface area contributed by atoms with Gasteiger partial charge in [0, 0.05) is 0 Å². The van der Waals surface area contributed by atoms with Crippen molar-refractivity contribution in [2.75, 3.05) is 13.2 Å². The van der Waals surface area contributed by atoms with Crippen LogP contribution in [0.15, 0.2) is 0 Å². The number of aliphatic hydroxyl groups is 8. The van der Waals surface area contributed by atoms with Crippen LogP contribution in [0.5, 0.6) is 0 Å². The third kappa shape index (κ3) is 4.58. The van der Waals surface area contributed by atoms with Crippen molar-refractivity contribution >= 4 is 5.97 Å². The summed E-state index contributed by atoms with van der Waals surface area (Å²) in [5.74, 6) is -2.09. The molecular formula is C12H21O12-. The van der Waals surface area contributed by atoms with Gasteiger partial charge in [0.2, 0.25) is 0 Å². The molecule has 0 aromatic carbocycles. The Morgan fingerprint density at radius 3 is 2.12 bits per heavy atom. The van der Waals surface area contributed by atoms with Crippen LogP contribution >= 0.6 is 0 Å². The van der Waals surface area contributed by atoms with Crippen molar-refractivity contribution in [2.24, 2.45) is 0 Å². The second kappa shape index (κ2) is 8.96. The van der Waals surface area contributed by atoms with Gasteiger partial charge in [-0.25, -0.2) is 0 Å². The fraction of sp³-hybridized carbons (Fsp3) is 0.917. The first-order chi connectivity index (χ1) is 11.1. The number of carbonyl (C=O) groups excluding carboxylic acids is 1. The fourth-order valence-electron chi connectivity index (χ4n) is 2.16. The molecule has 9 atom stereocenters. The standard InChI is InChI=1S/C12H22O12/c13-1-3(15)10(7(18)8(19)11(21)22)24-12-9(20)6(17)5(16)4(2-14)23-12/h3-10,12-20H,1-2H2,(H,21,22)/p-1/t3-,4-,5-,6+,7-,8-,9-,10-,12-/m1/s1. The lowest BCUT2D eigenvalue weighted by molar-refractivity contribution is -0.336. The summed E-state index contributed by atoms with van der Waals surface area (Å²) in [7, 11) is 0. The molecule has 12 heteroatoms. The molecule has 0 unspecified atom stereocenters. The Hall–Kier alpha value is -0.930. The topological polar surface area (TPSA) is 220 Å². The van der Waals surface area contributed by atoms with E-state index in [-0.39, 0.29) is 0 Å². The van der Waals surface area contributed by atoms with Crippen molar-refractivity contribution in [3.8, 4) is 0 Å². The minimum absolute atomic E-state index is 0.776. The summed E-state index contributed by atoms with van der Waals surface area (Å²) in [5.41, 5.74) is 0. The first-order valence-corrected chi connectivity index (χ1v) is 6.97. The van der Waals surface area contributed by atoms with Crippen LogP contribution < -0.4 is 5.11 Å². The molecule has 1 heterocycles. The Balaban J connectivity index is 2.94. The summed E-state index contributed by atoms with van der Waals surface area (Å²) >= 11 is 0. The van der Waals surface area contributed by atoms with E-state index in [1.807, 2.05) is 0 Å². The maximum atomic E-state index is 10.6. The maximum Gasteiger partial charge on any atom is 0.187 e. The number of aliphatic carboxylic acids is 1.